The second kappa shape index (κ2) is 8.44. The van der Waals surface area contributed by atoms with Gasteiger partial charge in [0.2, 0.25) is 9.84 Å². The van der Waals surface area contributed by atoms with Crippen molar-refractivity contribution in [1.82, 2.24) is 0 Å². The molecule has 27 heavy (non-hydrogen) atoms. The number of rotatable bonds is 8. The fraction of sp³-hybridized carbons (Fsp3) is 0.273. The summed E-state index contributed by atoms with van der Waals surface area (Å²) in [5.74, 6) is 1.26. The van der Waals surface area contributed by atoms with E-state index in [1.807, 2.05) is 0 Å². The van der Waals surface area contributed by atoms with Gasteiger partial charge in [0, 0.05) is 0 Å². The van der Waals surface area contributed by atoms with Crippen molar-refractivity contribution in [3.05, 3.63) is 71.8 Å². The van der Waals surface area contributed by atoms with Crippen LogP contribution in [0.1, 0.15) is 22.3 Å². The van der Waals surface area contributed by atoms with Gasteiger partial charge in [-0.3, -0.25) is 0 Å². The lowest BCUT2D eigenvalue weighted by atomic mass is 10.1. The Morgan fingerprint density at radius 1 is 0.741 bits per heavy atom. The summed E-state index contributed by atoms with van der Waals surface area (Å²) in [7, 11) is -3.69. The van der Waals surface area contributed by atoms with Gasteiger partial charge in [0.05, 0.1) is 9.79 Å². The first-order valence-electron chi connectivity index (χ1n) is 8.67. The van der Waals surface area contributed by atoms with Crippen molar-refractivity contribution in [1.29, 1.82) is 0 Å². The minimum Gasteiger partial charge on any atom is -0.490 e. The summed E-state index contributed by atoms with van der Waals surface area (Å²) in [5, 5.41) is 0. The Morgan fingerprint density at radius 2 is 1.04 bits per heavy atom. The molecule has 2 rings (SSSR count). The molecule has 144 valence electrons. The maximum Gasteiger partial charge on any atom is 0.207 e. The van der Waals surface area contributed by atoms with Crippen molar-refractivity contribution < 1.29 is 17.9 Å². The Bertz CT molecular complexity index is 852. The van der Waals surface area contributed by atoms with E-state index >= 15 is 0 Å². The molecule has 0 heterocycles. The topological polar surface area (TPSA) is 52.6 Å². The molecular formula is C22H26O4S. The molecule has 0 amide bonds. The van der Waals surface area contributed by atoms with E-state index in [0.29, 0.717) is 56.8 Å². The molecule has 4 nitrogen and oxygen atoms in total. The van der Waals surface area contributed by atoms with Crippen molar-refractivity contribution in [2.75, 3.05) is 13.2 Å². The summed E-state index contributed by atoms with van der Waals surface area (Å²) in [6, 6.07) is 6.98. The highest BCUT2D eigenvalue weighted by Crippen LogP contribution is 2.35. The molecule has 2 aromatic rings. The molecule has 0 radical (unpaired) electrons. The zero-order chi connectivity index (χ0) is 20.2. The lowest BCUT2D eigenvalue weighted by Crippen LogP contribution is -2.11. The van der Waals surface area contributed by atoms with Crippen LogP contribution in [0.4, 0.5) is 0 Å². The van der Waals surface area contributed by atoms with E-state index in [0.717, 1.165) is 0 Å². The third-order valence-electron chi connectivity index (χ3n) is 4.14. The lowest BCUT2D eigenvalue weighted by Gasteiger charge is -2.17. The summed E-state index contributed by atoms with van der Waals surface area (Å²) in [5.41, 5.74) is 2.61. The number of benzene rings is 2. The second-order valence-corrected chi connectivity index (χ2v) is 8.30. The summed E-state index contributed by atoms with van der Waals surface area (Å²) in [6.45, 7) is 15.1. The van der Waals surface area contributed by atoms with Crippen LogP contribution in [0.2, 0.25) is 0 Å². The highest BCUT2D eigenvalue weighted by atomic mass is 32.2. The molecule has 0 aliphatic rings. The molecule has 0 fully saturated rings. The molecule has 0 N–H and O–H groups in total. The Hall–Kier alpha value is -2.53. The molecular weight excluding hydrogens is 360 g/mol. The molecule has 2 aromatic carbocycles. The van der Waals surface area contributed by atoms with Crippen LogP contribution in [-0.4, -0.2) is 21.6 Å². The normalized spacial score (nSPS) is 11.1. The second-order valence-electron chi connectivity index (χ2n) is 6.48. The van der Waals surface area contributed by atoms with Crippen LogP contribution in [0.15, 0.2) is 59.4 Å². The van der Waals surface area contributed by atoms with Crippen LogP contribution >= 0.6 is 0 Å². The first-order chi connectivity index (χ1) is 12.7. The smallest absolute Gasteiger partial charge is 0.207 e. The summed E-state index contributed by atoms with van der Waals surface area (Å²) >= 11 is 0. The van der Waals surface area contributed by atoms with E-state index < -0.39 is 9.84 Å². The first-order valence-corrected chi connectivity index (χ1v) is 10.2. The van der Waals surface area contributed by atoms with Crippen LogP contribution in [0.25, 0.3) is 0 Å². The number of hydrogen-bond acceptors (Lipinski definition) is 4. The molecule has 0 atom stereocenters. The molecule has 0 saturated heterocycles. The average Bonchev–Trinajstić information content (AvgIpc) is 2.56. The summed E-state index contributed by atoms with van der Waals surface area (Å²) in [4.78, 5) is 0.638. The van der Waals surface area contributed by atoms with Crippen LogP contribution < -0.4 is 9.47 Å². The predicted octanol–water partition coefficient (Wildman–Crippen LogP) is 4.88. The van der Waals surface area contributed by atoms with Crippen LogP contribution in [-0.2, 0) is 9.84 Å². The third kappa shape index (κ3) is 4.42. The van der Waals surface area contributed by atoms with E-state index in [-0.39, 0.29) is 0 Å². The minimum atomic E-state index is -3.69. The monoisotopic (exact) mass is 386 g/mol. The number of ether oxygens (including phenoxy) is 2. The van der Waals surface area contributed by atoms with Crippen LogP contribution in [0.3, 0.4) is 0 Å². The highest BCUT2D eigenvalue weighted by molar-refractivity contribution is 7.91. The van der Waals surface area contributed by atoms with Crippen molar-refractivity contribution >= 4 is 9.84 Å². The molecule has 0 aliphatic carbocycles. The zero-order valence-corrected chi connectivity index (χ0v) is 17.2. The van der Waals surface area contributed by atoms with Gasteiger partial charge in [-0.25, -0.2) is 8.42 Å². The maximum absolute atomic E-state index is 13.5. The van der Waals surface area contributed by atoms with Gasteiger partial charge in [0.25, 0.3) is 0 Å². The number of aryl methyl sites for hydroxylation is 4. The van der Waals surface area contributed by atoms with Crippen LogP contribution in [0, 0.1) is 27.7 Å². The fourth-order valence-electron chi connectivity index (χ4n) is 3.25. The van der Waals surface area contributed by atoms with Crippen molar-refractivity contribution in [2.45, 2.75) is 37.5 Å². The van der Waals surface area contributed by atoms with Gasteiger partial charge < -0.3 is 9.47 Å². The predicted molar refractivity (Wildman–Crippen MR) is 109 cm³/mol. The molecule has 0 saturated carbocycles. The van der Waals surface area contributed by atoms with E-state index in [4.69, 9.17) is 9.47 Å². The highest BCUT2D eigenvalue weighted by Gasteiger charge is 2.27. The molecule has 0 aromatic heterocycles. The Labute approximate surface area is 162 Å². The van der Waals surface area contributed by atoms with Gasteiger partial charge in [-0.15, -0.1) is 0 Å². The summed E-state index contributed by atoms with van der Waals surface area (Å²) < 4.78 is 38.0. The fourth-order valence-corrected chi connectivity index (χ4v) is 5.38. The molecule has 0 unspecified atom stereocenters. The first kappa shape index (κ1) is 20.8. The van der Waals surface area contributed by atoms with Gasteiger partial charge >= 0.3 is 0 Å². The Balaban J connectivity index is 2.56. The SMILES string of the molecule is C=CCOc1cc(C)c(S(=O)(=O)c2c(C)cc(OCC=C)cc2C)c(C)c1. The maximum atomic E-state index is 13.5. The van der Waals surface area contributed by atoms with Gasteiger partial charge in [-0.05, 0) is 74.2 Å². The standard InChI is InChI=1S/C22H26O4S/c1-7-9-25-19-11-15(3)21(16(4)12-19)27(23,24)22-17(5)13-20(14-18(22)6)26-10-8-2/h7-8,11-14H,1-2,9-10H2,3-6H3. The number of sulfone groups is 1. The minimum absolute atomic E-state index is 0.319. The Morgan fingerprint density at radius 3 is 1.30 bits per heavy atom. The average molecular weight is 387 g/mol. The van der Waals surface area contributed by atoms with Crippen LogP contribution in [0.5, 0.6) is 11.5 Å². The quantitative estimate of drug-likeness (QED) is 0.607. The van der Waals surface area contributed by atoms with Gasteiger partial charge in [0.15, 0.2) is 0 Å². The number of hydrogen-bond donors (Lipinski definition) is 0. The molecule has 5 heteroatoms. The molecule has 0 bridgehead atoms. The molecule has 0 spiro atoms. The van der Waals surface area contributed by atoms with Gasteiger partial charge in [-0.1, -0.05) is 25.3 Å². The van der Waals surface area contributed by atoms with Gasteiger partial charge in [-0.2, -0.15) is 0 Å². The largest absolute Gasteiger partial charge is 0.490 e. The molecule has 0 aliphatic heterocycles. The van der Waals surface area contributed by atoms with Gasteiger partial charge in [0.1, 0.15) is 24.7 Å². The third-order valence-corrected chi connectivity index (χ3v) is 6.50. The van der Waals surface area contributed by atoms with Crippen molar-refractivity contribution in [2.24, 2.45) is 0 Å². The summed E-state index contributed by atoms with van der Waals surface area (Å²) in [6.07, 6.45) is 3.30. The zero-order valence-electron chi connectivity index (χ0n) is 16.3. The Kier molecular flexibility index (Phi) is 6.50. The van der Waals surface area contributed by atoms with E-state index in [1.165, 1.54) is 0 Å². The van der Waals surface area contributed by atoms with Crippen molar-refractivity contribution in [3.8, 4) is 11.5 Å². The lowest BCUT2D eigenvalue weighted by molar-refractivity contribution is 0.362. The van der Waals surface area contributed by atoms with E-state index in [9.17, 15) is 8.42 Å². The van der Waals surface area contributed by atoms with Crippen molar-refractivity contribution in [3.63, 3.8) is 0 Å². The van der Waals surface area contributed by atoms with E-state index in [1.54, 1.807) is 64.1 Å². The van der Waals surface area contributed by atoms with E-state index in [2.05, 4.69) is 13.2 Å².